The van der Waals surface area contributed by atoms with Crippen LogP contribution in [-0.4, -0.2) is 13.1 Å². The van der Waals surface area contributed by atoms with Gasteiger partial charge in [0, 0.05) is 32.7 Å². The molecule has 35 valence electrons. The van der Waals surface area contributed by atoms with Crippen molar-refractivity contribution >= 4 is 8.32 Å². The zero-order chi connectivity index (χ0) is 4.50. The fourth-order valence-corrected chi connectivity index (χ4v) is 0. The number of hydrogen-bond acceptors (Lipinski definition) is 1. The molecular formula is C3H10OSiY. The van der Waals surface area contributed by atoms with E-state index in [2.05, 4.69) is 0 Å². The predicted octanol–water partition coefficient (Wildman–Crippen LogP) is 0.811. The van der Waals surface area contributed by atoms with Crippen LogP contribution in [0.15, 0.2) is 0 Å². The van der Waals surface area contributed by atoms with Crippen LogP contribution in [0.2, 0.25) is 19.6 Å². The summed E-state index contributed by atoms with van der Waals surface area (Å²) in [5.74, 6) is 0. The first-order valence-electron chi connectivity index (χ1n) is 1.72. The van der Waals surface area contributed by atoms with E-state index in [9.17, 15) is 0 Å². The molecule has 0 aromatic heterocycles. The minimum Gasteiger partial charge on any atom is -0.433 e. The van der Waals surface area contributed by atoms with E-state index >= 15 is 0 Å². The molecule has 0 aromatic carbocycles. The maximum atomic E-state index is 8.66. The van der Waals surface area contributed by atoms with Crippen molar-refractivity contribution in [3.63, 3.8) is 0 Å². The van der Waals surface area contributed by atoms with Gasteiger partial charge < -0.3 is 4.80 Å². The van der Waals surface area contributed by atoms with Gasteiger partial charge >= 0.3 is 0 Å². The predicted molar refractivity (Wildman–Crippen MR) is 25.6 cm³/mol. The Labute approximate surface area is 65.2 Å². The molecule has 1 N–H and O–H groups in total. The average molecular weight is 179 g/mol. The molecule has 0 saturated carbocycles. The Kier molecular flexibility index (Phi) is 5.67. The summed E-state index contributed by atoms with van der Waals surface area (Å²) in [6, 6.07) is 0. The Morgan fingerprint density at radius 2 is 1.17 bits per heavy atom. The van der Waals surface area contributed by atoms with Crippen LogP contribution in [0.25, 0.3) is 0 Å². The fourth-order valence-electron chi connectivity index (χ4n) is 0. The van der Waals surface area contributed by atoms with Crippen LogP contribution in [0.4, 0.5) is 0 Å². The maximum absolute atomic E-state index is 8.66. The van der Waals surface area contributed by atoms with E-state index in [1.165, 1.54) is 0 Å². The Morgan fingerprint density at radius 3 is 1.17 bits per heavy atom. The SMILES string of the molecule is C[Si](C)(C)O.[Y]. The average Bonchev–Trinajstić information content (AvgIpc) is 0.722. The first-order chi connectivity index (χ1) is 2.00. The molecule has 0 saturated heterocycles. The van der Waals surface area contributed by atoms with E-state index in [0.29, 0.717) is 0 Å². The van der Waals surface area contributed by atoms with Gasteiger partial charge in [-0.05, 0) is 19.6 Å². The molecule has 0 aromatic rings. The first-order valence-corrected chi connectivity index (χ1v) is 5.17. The van der Waals surface area contributed by atoms with Crippen molar-refractivity contribution in [3.8, 4) is 0 Å². The Balaban J connectivity index is 0. The van der Waals surface area contributed by atoms with Gasteiger partial charge in [0.1, 0.15) is 0 Å². The largest absolute Gasteiger partial charge is 0.433 e. The first kappa shape index (κ1) is 10.3. The zero-order valence-corrected chi connectivity index (χ0v) is 8.36. The zero-order valence-electron chi connectivity index (χ0n) is 4.52. The summed E-state index contributed by atoms with van der Waals surface area (Å²) in [7, 11) is -1.61. The van der Waals surface area contributed by atoms with Crippen LogP contribution in [0.3, 0.4) is 0 Å². The van der Waals surface area contributed by atoms with E-state index < -0.39 is 8.32 Å². The third kappa shape index (κ3) is 59.0. The van der Waals surface area contributed by atoms with Gasteiger partial charge in [0.05, 0.1) is 0 Å². The Morgan fingerprint density at radius 1 is 1.17 bits per heavy atom. The molecule has 0 aliphatic carbocycles. The minimum absolute atomic E-state index is 0. The minimum atomic E-state index is -1.61. The summed E-state index contributed by atoms with van der Waals surface area (Å²) < 4.78 is 0. The van der Waals surface area contributed by atoms with Gasteiger partial charge in [-0.2, -0.15) is 0 Å². The smallest absolute Gasteiger partial charge is 0.179 e. The van der Waals surface area contributed by atoms with Crippen LogP contribution in [0.5, 0.6) is 0 Å². The molecule has 0 fully saturated rings. The standard InChI is InChI=1S/C3H10OSi.Y/c1-5(2,3)4;/h4H,1-3H3;. The van der Waals surface area contributed by atoms with Crippen LogP contribution in [0.1, 0.15) is 0 Å². The molecule has 1 radical (unpaired) electrons. The van der Waals surface area contributed by atoms with E-state index in [1.54, 1.807) is 0 Å². The van der Waals surface area contributed by atoms with Crippen molar-refractivity contribution in [2.24, 2.45) is 0 Å². The molecule has 0 aliphatic rings. The second-order valence-electron chi connectivity index (χ2n) is 2.17. The molecular weight excluding hydrogens is 169 g/mol. The van der Waals surface area contributed by atoms with Crippen molar-refractivity contribution in [1.29, 1.82) is 0 Å². The van der Waals surface area contributed by atoms with Crippen molar-refractivity contribution < 1.29 is 37.5 Å². The van der Waals surface area contributed by atoms with Crippen molar-refractivity contribution in [2.75, 3.05) is 0 Å². The topological polar surface area (TPSA) is 20.2 Å². The van der Waals surface area contributed by atoms with Gasteiger partial charge in [0.2, 0.25) is 0 Å². The second-order valence-corrected chi connectivity index (χ2v) is 6.51. The molecule has 0 amide bonds. The summed E-state index contributed by atoms with van der Waals surface area (Å²) in [5.41, 5.74) is 0. The number of rotatable bonds is 0. The van der Waals surface area contributed by atoms with Crippen LogP contribution < -0.4 is 0 Å². The molecule has 0 heterocycles. The summed E-state index contributed by atoms with van der Waals surface area (Å²) in [4.78, 5) is 8.66. The monoisotopic (exact) mass is 179 g/mol. The molecule has 0 unspecified atom stereocenters. The van der Waals surface area contributed by atoms with E-state index in [-0.39, 0.29) is 32.7 Å². The van der Waals surface area contributed by atoms with Gasteiger partial charge in [-0.25, -0.2) is 0 Å². The second kappa shape index (κ2) is 3.30. The van der Waals surface area contributed by atoms with Crippen LogP contribution in [0, 0.1) is 0 Å². The normalized spacial score (nSPS) is 10.0. The summed E-state index contributed by atoms with van der Waals surface area (Å²) in [5, 5.41) is 0. The third-order valence-corrected chi connectivity index (χ3v) is 0. The summed E-state index contributed by atoms with van der Waals surface area (Å²) in [6.07, 6.45) is 0. The van der Waals surface area contributed by atoms with Gasteiger partial charge in [-0.3, -0.25) is 0 Å². The Hall–Kier alpha value is 1.28. The van der Waals surface area contributed by atoms with Crippen LogP contribution in [-0.2, 0) is 32.7 Å². The van der Waals surface area contributed by atoms with Crippen molar-refractivity contribution in [3.05, 3.63) is 0 Å². The van der Waals surface area contributed by atoms with Crippen molar-refractivity contribution in [1.82, 2.24) is 0 Å². The molecule has 0 rings (SSSR count). The van der Waals surface area contributed by atoms with Gasteiger partial charge in [0.25, 0.3) is 0 Å². The van der Waals surface area contributed by atoms with Gasteiger partial charge in [0.15, 0.2) is 8.32 Å². The maximum Gasteiger partial charge on any atom is 0.179 e. The van der Waals surface area contributed by atoms with Gasteiger partial charge in [-0.15, -0.1) is 0 Å². The number of hydrogen-bond donors (Lipinski definition) is 1. The molecule has 6 heavy (non-hydrogen) atoms. The summed E-state index contributed by atoms with van der Waals surface area (Å²) >= 11 is 0. The third-order valence-electron chi connectivity index (χ3n) is 0. The molecule has 0 bridgehead atoms. The van der Waals surface area contributed by atoms with Gasteiger partial charge in [-0.1, -0.05) is 0 Å². The molecule has 3 heteroatoms. The quantitative estimate of drug-likeness (QED) is 0.545. The van der Waals surface area contributed by atoms with E-state index in [0.717, 1.165) is 0 Å². The molecule has 0 spiro atoms. The van der Waals surface area contributed by atoms with Crippen molar-refractivity contribution in [2.45, 2.75) is 19.6 Å². The molecule has 1 nitrogen and oxygen atoms in total. The summed E-state index contributed by atoms with van der Waals surface area (Å²) in [6.45, 7) is 5.65. The van der Waals surface area contributed by atoms with E-state index in [1.807, 2.05) is 19.6 Å². The Bertz CT molecular complexity index is 26.3. The van der Waals surface area contributed by atoms with E-state index in [4.69, 9.17) is 4.80 Å². The fraction of sp³-hybridized carbons (Fsp3) is 1.00. The van der Waals surface area contributed by atoms with Crippen LogP contribution >= 0.6 is 0 Å². The molecule has 0 atom stereocenters. The molecule has 0 aliphatic heterocycles.